The number of fused-ring (bicyclic) bond motifs is 1. The summed E-state index contributed by atoms with van der Waals surface area (Å²) in [7, 11) is 0. The second kappa shape index (κ2) is 9.48. The Hall–Kier alpha value is -2.70. The van der Waals surface area contributed by atoms with Gasteiger partial charge in [0, 0.05) is 12.6 Å². The Balaban J connectivity index is 2.00. The molecule has 1 aliphatic rings. The highest BCUT2D eigenvalue weighted by molar-refractivity contribution is 6.21. The molecule has 152 valence electrons. The summed E-state index contributed by atoms with van der Waals surface area (Å²) in [5, 5.41) is 2.75. The van der Waals surface area contributed by atoms with Gasteiger partial charge in [-0.25, -0.2) is 4.79 Å². The SMILES string of the molecule is CCC[C@H](C)NC(=O)COC(=O)c1ccc2c(c1)C(=O)N(CCC(C)C)C2=O. The molecule has 0 unspecified atom stereocenters. The third-order valence-corrected chi connectivity index (χ3v) is 4.60. The highest BCUT2D eigenvalue weighted by atomic mass is 16.5. The Morgan fingerprint density at radius 2 is 1.75 bits per heavy atom. The van der Waals surface area contributed by atoms with Crippen LogP contribution in [0.1, 0.15) is 78.0 Å². The zero-order valence-corrected chi connectivity index (χ0v) is 16.9. The summed E-state index contributed by atoms with van der Waals surface area (Å²) < 4.78 is 5.04. The van der Waals surface area contributed by atoms with Crippen molar-refractivity contribution in [1.82, 2.24) is 10.2 Å². The monoisotopic (exact) mass is 388 g/mol. The lowest BCUT2D eigenvalue weighted by Crippen LogP contribution is -2.35. The van der Waals surface area contributed by atoms with Crippen molar-refractivity contribution < 1.29 is 23.9 Å². The van der Waals surface area contributed by atoms with Gasteiger partial charge in [0.15, 0.2) is 6.61 Å². The smallest absolute Gasteiger partial charge is 0.338 e. The van der Waals surface area contributed by atoms with Crippen LogP contribution in [0.5, 0.6) is 0 Å². The van der Waals surface area contributed by atoms with Crippen molar-refractivity contribution >= 4 is 23.7 Å². The quantitative estimate of drug-likeness (QED) is 0.519. The molecule has 0 bridgehead atoms. The lowest BCUT2D eigenvalue weighted by molar-refractivity contribution is -0.124. The van der Waals surface area contributed by atoms with Crippen LogP contribution in [0.4, 0.5) is 0 Å². The van der Waals surface area contributed by atoms with E-state index in [0.717, 1.165) is 12.8 Å². The van der Waals surface area contributed by atoms with Gasteiger partial charge >= 0.3 is 5.97 Å². The molecule has 2 rings (SSSR count). The maximum Gasteiger partial charge on any atom is 0.338 e. The van der Waals surface area contributed by atoms with Crippen LogP contribution in [-0.4, -0.2) is 47.8 Å². The number of benzene rings is 1. The average molecular weight is 388 g/mol. The molecule has 1 atom stereocenters. The van der Waals surface area contributed by atoms with Gasteiger partial charge in [-0.1, -0.05) is 27.2 Å². The first kappa shape index (κ1) is 21.6. The summed E-state index contributed by atoms with van der Waals surface area (Å²) >= 11 is 0. The number of nitrogens with zero attached hydrogens (tertiary/aromatic N) is 1. The van der Waals surface area contributed by atoms with Crippen LogP contribution in [0.15, 0.2) is 18.2 Å². The van der Waals surface area contributed by atoms with E-state index in [1.807, 2.05) is 27.7 Å². The first-order valence-electron chi connectivity index (χ1n) is 9.71. The topological polar surface area (TPSA) is 92.8 Å². The van der Waals surface area contributed by atoms with Gasteiger partial charge in [-0.15, -0.1) is 0 Å². The molecule has 1 N–H and O–H groups in total. The van der Waals surface area contributed by atoms with E-state index in [1.54, 1.807) is 0 Å². The first-order valence-corrected chi connectivity index (χ1v) is 9.71. The number of carbonyl (C=O) groups excluding carboxylic acids is 4. The Bertz CT molecular complexity index is 772. The van der Waals surface area contributed by atoms with Gasteiger partial charge in [0.05, 0.1) is 16.7 Å². The van der Waals surface area contributed by atoms with Gasteiger partial charge in [-0.3, -0.25) is 19.3 Å². The molecule has 0 saturated carbocycles. The Labute approximate surface area is 165 Å². The van der Waals surface area contributed by atoms with Crippen molar-refractivity contribution in [1.29, 1.82) is 0 Å². The fourth-order valence-corrected chi connectivity index (χ4v) is 3.04. The maximum absolute atomic E-state index is 12.5. The zero-order chi connectivity index (χ0) is 20.8. The molecule has 28 heavy (non-hydrogen) atoms. The molecule has 7 nitrogen and oxygen atoms in total. The molecule has 1 heterocycles. The van der Waals surface area contributed by atoms with Crippen LogP contribution in [0.25, 0.3) is 0 Å². The zero-order valence-electron chi connectivity index (χ0n) is 16.9. The molecule has 0 aliphatic carbocycles. The number of rotatable bonds is 9. The number of hydrogen-bond acceptors (Lipinski definition) is 5. The number of esters is 1. The molecule has 7 heteroatoms. The van der Waals surface area contributed by atoms with Crippen molar-refractivity contribution in [3.63, 3.8) is 0 Å². The maximum atomic E-state index is 12.5. The van der Waals surface area contributed by atoms with E-state index in [4.69, 9.17) is 4.74 Å². The molecule has 3 amide bonds. The third kappa shape index (κ3) is 5.18. The summed E-state index contributed by atoms with van der Waals surface area (Å²) in [5.41, 5.74) is 0.626. The highest BCUT2D eigenvalue weighted by Gasteiger charge is 2.35. The molecule has 1 aliphatic heterocycles. The van der Waals surface area contributed by atoms with E-state index in [9.17, 15) is 19.2 Å². The highest BCUT2D eigenvalue weighted by Crippen LogP contribution is 2.25. The number of nitrogens with one attached hydrogen (secondary N) is 1. The minimum Gasteiger partial charge on any atom is -0.452 e. The Morgan fingerprint density at radius 1 is 1.07 bits per heavy atom. The van der Waals surface area contributed by atoms with Crippen LogP contribution in [0, 0.1) is 5.92 Å². The Morgan fingerprint density at radius 3 is 2.39 bits per heavy atom. The van der Waals surface area contributed by atoms with E-state index in [0.29, 0.717) is 18.9 Å². The molecule has 0 radical (unpaired) electrons. The van der Waals surface area contributed by atoms with Gasteiger partial charge in [-0.05, 0) is 43.9 Å². The van der Waals surface area contributed by atoms with Crippen LogP contribution >= 0.6 is 0 Å². The van der Waals surface area contributed by atoms with E-state index < -0.39 is 18.5 Å². The summed E-state index contributed by atoms with van der Waals surface area (Å²) in [5.74, 6) is -1.46. The van der Waals surface area contributed by atoms with Crippen molar-refractivity contribution in [2.24, 2.45) is 5.92 Å². The largest absolute Gasteiger partial charge is 0.452 e. The Kier molecular flexibility index (Phi) is 7.31. The molecule has 0 aromatic heterocycles. The molecular weight excluding hydrogens is 360 g/mol. The third-order valence-electron chi connectivity index (χ3n) is 4.60. The van der Waals surface area contributed by atoms with Gasteiger partial charge in [0.1, 0.15) is 0 Å². The minimum atomic E-state index is -0.707. The number of amides is 3. The van der Waals surface area contributed by atoms with Crippen molar-refractivity contribution in [2.45, 2.75) is 53.0 Å². The van der Waals surface area contributed by atoms with Crippen LogP contribution in [0.3, 0.4) is 0 Å². The summed E-state index contributed by atoms with van der Waals surface area (Å²) in [4.78, 5) is 50.2. The summed E-state index contributed by atoms with van der Waals surface area (Å²) in [6.07, 6.45) is 2.50. The second-order valence-electron chi connectivity index (χ2n) is 7.54. The van der Waals surface area contributed by atoms with Gasteiger partial charge in [0.2, 0.25) is 0 Å². The van der Waals surface area contributed by atoms with Gasteiger partial charge in [-0.2, -0.15) is 0 Å². The van der Waals surface area contributed by atoms with Crippen LogP contribution < -0.4 is 5.32 Å². The number of ether oxygens (including phenoxy) is 1. The number of hydrogen-bond donors (Lipinski definition) is 1. The average Bonchev–Trinajstić information content (AvgIpc) is 2.88. The second-order valence-corrected chi connectivity index (χ2v) is 7.54. The molecule has 0 spiro atoms. The fraction of sp³-hybridized carbons (Fsp3) is 0.524. The van der Waals surface area contributed by atoms with E-state index in [1.165, 1.54) is 23.1 Å². The fourth-order valence-electron chi connectivity index (χ4n) is 3.04. The van der Waals surface area contributed by atoms with E-state index in [2.05, 4.69) is 5.32 Å². The van der Waals surface area contributed by atoms with Gasteiger partial charge < -0.3 is 10.1 Å². The van der Waals surface area contributed by atoms with E-state index in [-0.39, 0.29) is 34.5 Å². The normalized spacial score (nSPS) is 14.2. The van der Waals surface area contributed by atoms with Crippen molar-refractivity contribution in [3.05, 3.63) is 34.9 Å². The van der Waals surface area contributed by atoms with Crippen LogP contribution in [-0.2, 0) is 9.53 Å². The first-order chi connectivity index (χ1) is 13.2. The standard InChI is InChI=1S/C21H28N2O5/c1-5-6-14(4)22-18(24)12-28-21(27)15-7-8-16-17(11-15)20(26)23(19(16)25)10-9-13(2)3/h7-8,11,13-14H,5-6,9-10,12H2,1-4H3,(H,22,24)/t14-/m0/s1. The van der Waals surface area contributed by atoms with Gasteiger partial charge in [0.25, 0.3) is 17.7 Å². The minimum absolute atomic E-state index is 0.0108. The lowest BCUT2D eigenvalue weighted by atomic mass is 10.1. The predicted octanol–water partition coefficient (Wildman–Crippen LogP) is 2.79. The van der Waals surface area contributed by atoms with Crippen molar-refractivity contribution in [3.8, 4) is 0 Å². The molecule has 0 fully saturated rings. The van der Waals surface area contributed by atoms with E-state index >= 15 is 0 Å². The van der Waals surface area contributed by atoms with Crippen LogP contribution in [0.2, 0.25) is 0 Å². The summed E-state index contributed by atoms with van der Waals surface area (Å²) in [6, 6.07) is 4.28. The number of carbonyl (C=O) groups is 4. The predicted molar refractivity (Wildman–Crippen MR) is 104 cm³/mol. The molecule has 0 saturated heterocycles. The number of imide groups is 1. The summed E-state index contributed by atoms with van der Waals surface area (Å²) in [6.45, 7) is 7.90. The lowest BCUT2D eigenvalue weighted by Gasteiger charge is -2.14. The molecule has 1 aromatic carbocycles. The molecular formula is C21H28N2O5. The molecule has 1 aromatic rings. The van der Waals surface area contributed by atoms with Crippen molar-refractivity contribution in [2.75, 3.05) is 13.2 Å².